The summed E-state index contributed by atoms with van der Waals surface area (Å²) in [5, 5.41) is 3.21. The molecule has 0 spiro atoms. The SMILES string of the molecule is CNCC1C=CC(OCCN2CCCCC2)=C(OC)C1. The fraction of sp³-hybridized carbons (Fsp3) is 0.750. The lowest BCUT2D eigenvalue weighted by Crippen LogP contribution is -2.32. The number of methoxy groups -OCH3 is 1. The number of hydrogen-bond donors (Lipinski definition) is 1. The summed E-state index contributed by atoms with van der Waals surface area (Å²) in [6.07, 6.45) is 9.25. The minimum atomic E-state index is 0.504. The molecule has 1 aliphatic heterocycles. The zero-order chi connectivity index (χ0) is 14.2. The van der Waals surface area contributed by atoms with Gasteiger partial charge in [-0.3, -0.25) is 4.90 Å². The number of piperidine rings is 1. The smallest absolute Gasteiger partial charge is 0.156 e. The number of ether oxygens (including phenoxy) is 2. The van der Waals surface area contributed by atoms with E-state index in [0.717, 1.165) is 37.6 Å². The highest BCUT2D eigenvalue weighted by molar-refractivity contribution is 5.23. The molecule has 2 rings (SSSR count). The van der Waals surface area contributed by atoms with Crippen molar-refractivity contribution >= 4 is 0 Å². The van der Waals surface area contributed by atoms with E-state index in [9.17, 15) is 0 Å². The van der Waals surface area contributed by atoms with E-state index in [-0.39, 0.29) is 0 Å². The average molecular weight is 280 g/mol. The van der Waals surface area contributed by atoms with Crippen LogP contribution >= 0.6 is 0 Å². The molecule has 1 heterocycles. The van der Waals surface area contributed by atoms with Gasteiger partial charge < -0.3 is 14.8 Å². The van der Waals surface area contributed by atoms with Crippen LogP contribution in [0.15, 0.2) is 23.7 Å². The summed E-state index contributed by atoms with van der Waals surface area (Å²) in [5.74, 6) is 2.40. The third-order valence-electron chi connectivity index (χ3n) is 4.07. The zero-order valence-electron chi connectivity index (χ0n) is 12.9. The Morgan fingerprint density at radius 2 is 2.10 bits per heavy atom. The summed E-state index contributed by atoms with van der Waals surface area (Å²) in [4.78, 5) is 2.49. The van der Waals surface area contributed by atoms with Gasteiger partial charge in [0.1, 0.15) is 12.4 Å². The van der Waals surface area contributed by atoms with Crippen LogP contribution in [-0.2, 0) is 9.47 Å². The molecule has 1 saturated heterocycles. The average Bonchev–Trinajstić information content (AvgIpc) is 2.50. The van der Waals surface area contributed by atoms with Crippen molar-refractivity contribution < 1.29 is 9.47 Å². The van der Waals surface area contributed by atoms with Gasteiger partial charge in [0.15, 0.2) is 5.76 Å². The van der Waals surface area contributed by atoms with Gasteiger partial charge in [0.25, 0.3) is 0 Å². The van der Waals surface area contributed by atoms with E-state index in [2.05, 4.69) is 22.4 Å². The Morgan fingerprint density at radius 3 is 2.80 bits per heavy atom. The van der Waals surface area contributed by atoms with E-state index in [4.69, 9.17) is 9.47 Å². The van der Waals surface area contributed by atoms with E-state index in [1.165, 1.54) is 32.4 Å². The standard InChI is InChI=1S/C16H28N2O2/c1-17-13-14-6-7-15(16(12-14)19-2)20-11-10-18-8-4-3-5-9-18/h6-7,14,17H,3-5,8-13H2,1-2H3. The van der Waals surface area contributed by atoms with E-state index < -0.39 is 0 Å². The summed E-state index contributed by atoms with van der Waals surface area (Å²) < 4.78 is 11.4. The van der Waals surface area contributed by atoms with Gasteiger partial charge in [-0.25, -0.2) is 0 Å². The lowest BCUT2D eigenvalue weighted by Gasteiger charge is -2.27. The molecule has 2 aliphatic rings. The van der Waals surface area contributed by atoms with Crippen LogP contribution in [0.3, 0.4) is 0 Å². The van der Waals surface area contributed by atoms with Crippen molar-refractivity contribution in [1.29, 1.82) is 0 Å². The Morgan fingerprint density at radius 1 is 1.30 bits per heavy atom. The first-order chi connectivity index (χ1) is 9.83. The normalized spacial score (nSPS) is 24.0. The van der Waals surface area contributed by atoms with Crippen LogP contribution in [0.5, 0.6) is 0 Å². The van der Waals surface area contributed by atoms with E-state index in [1.807, 2.05) is 7.05 Å². The van der Waals surface area contributed by atoms with Gasteiger partial charge in [-0.05, 0) is 45.0 Å². The summed E-state index contributed by atoms with van der Waals surface area (Å²) in [7, 11) is 3.72. The van der Waals surface area contributed by atoms with Gasteiger partial charge in [-0.1, -0.05) is 12.5 Å². The fourth-order valence-electron chi connectivity index (χ4n) is 2.91. The van der Waals surface area contributed by atoms with Crippen molar-refractivity contribution in [1.82, 2.24) is 10.2 Å². The Kier molecular flexibility index (Phi) is 6.40. The molecule has 0 amide bonds. The number of nitrogens with zero attached hydrogens (tertiary/aromatic N) is 1. The first-order valence-electron chi connectivity index (χ1n) is 7.78. The van der Waals surface area contributed by atoms with Gasteiger partial charge in [-0.2, -0.15) is 0 Å². The molecule has 1 N–H and O–H groups in total. The molecule has 1 unspecified atom stereocenters. The Balaban J connectivity index is 1.77. The molecule has 0 bridgehead atoms. The van der Waals surface area contributed by atoms with Crippen molar-refractivity contribution in [3.05, 3.63) is 23.7 Å². The quantitative estimate of drug-likeness (QED) is 0.775. The minimum Gasteiger partial charge on any atom is -0.497 e. The summed E-state index contributed by atoms with van der Waals surface area (Å²) >= 11 is 0. The summed E-state index contributed by atoms with van der Waals surface area (Å²) in [6.45, 7) is 5.20. The number of likely N-dealkylation sites (tertiary alicyclic amines) is 1. The van der Waals surface area contributed by atoms with Crippen LogP contribution in [0.4, 0.5) is 0 Å². The van der Waals surface area contributed by atoms with Crippen molar-refractivity contribution in [2.45, 2.75) is 25.7 Å². The summed E-state index contributed by atoms with van der Waals surface area (Å²) in [5.41, 5.74) is 0. The van der Waals surface area contributed by atoms with Gasteiger partial charge in [0, 0.05) is 19.5 Å². The van der Waals surface area contributed by atoms with Gasteiger partial charge in [-0.15, -0.1) is 0 Å². The monoisotopic (exact) mass is 280 g/mol. The number of nitrogens with one attached hydrogen (secondary N) is 1. The molecule has 0 saturated carbocycles. The molecule has 1 aliphatic carbocycles. The van der Waals surface area contributed by atoms with Crippen LogP contribution in [0.2, 0.25) is 0 Å². The van der Waals surface area contributed by atoms with Crippen LogP contribution in [0.25, 0.3) is 0 Å². The number of allylic oxidation sites excluding steroid dienone is 2. The first-order valence-corrected chi connectivity index (χ1v) is 7.78. The van der Waals surface area contributed by atoms with Gasteiger partial charge in [0.2, 0.25) is 0 Å². The topological polar surface area (TPSA) is 33.7 Å². The van der Waals surface area contributed by atoms with Crippen molar-refractivity contribution in [3.8, 4) is 0 Å². The molecule has 0 aromatic heterocycles. The molecule has 4 nitrogen and oxygen atoms in total. The first kappa shape index (κ1) is 15.4. The lowest BCUT2D eigenvalue weighted by molar-refractivity contribution is 0.131. The zero-order valence-corrected chi connectivity index (χ0v) is 12.9. The molecule has 0 aromatic rings. The predicted molar refractivity (Wildman–Crippen MR) is 81.5 cm³/mol. The van der Waals surface area contributed by atoms with E-state index >= 15 is 0 Å². The molecule has 1 atom stereocenters. The van der Waals surface area contributed by atoms with Crippen LogP contribution in [-0.4, -0.2) is 51.8 Å². The predicted octanol–water partition coefficient (Wildman–Crippen LogP) is 2.14. The van der Waals surface area contributed by atoms with Crippen molar-refractivity contribution in [2.75, 3.05) is 46.9 Å². The highest BCUT2D eigenvalue weighted by Gasteiger charge is 2.18. The maximum Gasteiger partial charge on any atom is 0.156 e. The molecule has 114 valence electrons. The maximum absolute atomic E-state index is 5.92. The lowest BCUT2D eigenvalue weighted by atomic mass is 9.98. The molecule has 1 fully saturated rings. The molecule has 20 heavy (non-hydrogen) atoms. The Hall–Kier alpha value is -1.00. The number of rotatable bonds is 7. The largest absolute Gasteiger partial charge is 0.497 e. The van der Waals surface area contributed by atoms with Crippen molar-refractivity contribution in [2.24, 2.45) is 5.92 Å². The molecule has 0 radical (unpaired) electrons. The molecular weight excluding hydrogens is 252 g/mol. The van der Waals surface area contributed by atoms with Gasteiger partial charge in [0.05, 0.1) is 7.11 Å². The van der Waals surface area contributed by atoms with E-state index in [0.29, 0.717) is 5.92 Å². The fourth-order valence-corrected chi connectivity index (χ4v) is 2.91. The number of hydrogen-bond acceptors (Lipinski definition) is 4. The van der Waals surface area contributed by atoms with Gasteiger partial charge >= 0.3 is 0 Å². The third kappa shape index (κ3) is 4.53. The Bertz CT molecular complexity index is 346. The second-order valence-electron chi connectivity index (χ2n) is 5.62. The summed E-state index contributed by atoms with van der Waals surface area (Å²) in [6, 6.07) is 0. The third-order valence-corrected chi connectivity index (χ3v) is 4.07. The minimum absolute atomic E-state index is 0.504. The van der Waals surface area contributed by atoms with Crippen molar-refractivity contribution in [3.63, 3.8) is 0 Å². The second kappa shape index (κ2) is 8.32. The van der Waals surface area contributed by atoms with Crippen LogP contribution in [0.1, 0.15) is 25.7 Å². The van der Waals surface area contributed by atoms with E-state index in [1.54, 1.807) is 7.11 Å². The van der Waals surface area contributed by atoms with Crippen LogP contribution < -0.4 is 5.32 Å². The maximum atomic E-state index is 5.92. The molecule has 4 heteroatoms. The second-order valence-corrected chi connectivity index (χ2v) is 5.62. The van der Waals surface area contributed by atoms with Crippen LogP contribution in [0, 0.1) is 5.92 Å². The molecule has 0 aromatic carbocycles. The highest BCUT2D eigenvalue weighted by atomic mass is 16.5. The highest BCUT2D eigenvalue weighted by Crippen LogP contribution is 2.24. The Labute approximate surface area is 122 Å². The molecular formula is C16H28N2O2.